The third-order valence-electron chi connectivity index (χ3n) is 3.68. The molecular weight excluding hydrogens is 254 g/mol. The fourth-order valence-corrected chi connectivity index (χ4v) is 2.84. The van der Waals surface area contributed by atoms with Gasteiger partial charge < -0.3 is 14.6 Å². The number of hydrogen-bond acceptors (Lipinski definition) is 4. The Morgan fingerprint density at radius 3 is 2.55 bits per heavy atom. The molecule has 0 saturated carbocycles. The van der Waals surface area contributed by atoms with Gasteiger partial charge in [-0.25, -0.2) is 0 Å². The van der Waals surface area contributed by atoms with Crippen LogP contribution in [0.1, 0.15) is 38.0 Å². The van der Waals surface area contributed by atoms with E-state index >= 15 is 0 Å². The van der Waals surface area contributed by atoms with Crippen molar-refractivity contribution >= 4 is 0 Å². The summed E-state index contributed by atoms with van der Waals surface area (Å²) in [5, 5.41) is 9.73. The molecule has 1 unspecified atom stereocenters. The molecule has 112 valence electrons. The Morgan fingerprint density at radius 1 is 1.35 bits per heavy atom. The van der Waals surface area contributed by atoms with Crippen molar-refractivity contribution in [1.29, 1.82) is 0 Å². The van der Waals surface area contributed by atoms with Gasteiger partial charge in [-0.1, -0.05) is 6.07 Å². The standard InChI is InChI=1S/C16H25NO3/c1-11-8-17(9-12(2)20-11)10-15-7-14(13(3)18)5-6-16(15)19-4/h5-7,11-13,18H,8-10H2,1-4H3/t11-,12+,13?. The normalized spacial score (nSPS) is 25.4. The lowest BCUT2D eigenvalue weighted by Crippen LogP contribution is -2.44. The average molecular weight is 279 g/mol. The Labute approximate surface area is 121 Å². The second-order valence-corrected chi connectivity index (χ2v) is 5.70. The minimum Gasteiger partial charge on any atom is -0.496 e. The molecule has 0 bridgehead atoms. The third-order valence-corrected chi connectivity index (χ3v) is 3.68. The van der Waals surface area contributed by atoms with Gasteiger partial charge in [0.25, 0.3) is 0 Å². The fraction of sp³-hybridized carbons (Fsp3) is 0.625. The number of nitrogens with zero attached hydrogens (tertiary/aromatic N) is 1. The van der Waals surface area contributed by atoms with Crippen molar-refractivity contribution in [1.82, 2.24) is 4.90 Å². The molecule has 4 nitrogen and oxygen atoms in total. The minimum atomic E-state index is -0.456. The maximum absolute atomic E-state index is 9.73. The topological polar surface area (TPSA) is 41.9 Å². The van der Waals surface area contributed by atoms with Crippen LogP contribution in [0.4, 0.5) is 0 Å². The molecule has 3 atom stereocenters. The largest absolute Gasteiger partial charge is 0.496 e. The van der Waals surface area contributed by atoms with Gasteiger partial charge in [-0.05, 0) is 38.5 Å². The predicted molar refractivity (Wildman–Crippen MR) is 78.9 cm³/mol. The lowest BCUT2D eigenvalue weighted by molar-refractivity contribution is -0.0706. The van der Waals surface area contributed by atoms with E-state index in [4.69, 9.17) is 9.47 Å². The summed E-state index contributed by atoms with van der Waals surface area (Å²) in [4.78, 5) is 2.38. The smallest absolute Gasteiger partial charge is 0.123 e. The number of hydrogen-bond donors (Lipinski definition) is 1. The summed E-state index contributed by atoms with van der Waals surface area (Å²) in [6.45, 7) is 8.66. The summed E-state index contributed by atoms with van der Waals surface area (Å²) in [5.74, 6) is 0.876. The zero-order valence-corrected chi connectivity index (χ0v) is 12.8. The quantitative estimate of drug-likeness (QED) is 0.918. The molecule has 0 spiro atoms. The van der Waals surface area contributed by atoms with Crippen molar-refractivity contribution in [3.8, 4) is 5.75 Å². The molecule has 0 aliphatic carbocycles. The Balaban J connectivity index is 2.16. The fourth-order valence-electron chi connectivity index (χ4n) is 2.84. The van der Waals surface area contributed by atoms with Crippen molar-refractivity contribution < 1.29 is 14.6 Å². The van der Waals surface area contributed by atoms with Crippen LogP contribution in [0.3, 0.4) is 0 Å². The second kappa shape index (κ2) is 6.57. The number of morpholine rings is 1. The first-order valence-corrected chi connectivity index (χ1v) is 7.22. The van der Waals surface area contributed by atoms with Crippen molar-refractivity contribution in [3.63, 3.8) is 0 Å². The SMILES string of the molecule is COc1ccc(C(C)O)cc1CN1C[C@@H](C)O[C@@H](C)C1. The Morgan fingerprint density at radius 2 is 2.00 bits per heavy atom. The number of aliphatic hydroxyl groups is 1. The van der Waals surface area contributed by atoms with Crippen molar-refractivity contribution in [2.24, 2.45) is 0 Å². The van der Waals surface area contributed by atoms with Crippen LogP contribution < -0.4 is 4.74 Å². The van der Waals surface area contributed by atoms with Crippen molar-refractivity contribution in [2.45, 2.75) is 45.6 Å². The van der Waals surface area contributed by atoms with Gasteiger partial charge in [-0.2, -0.15) is 0 Å². The van der Waals surface area contributed by atoms with Gasteiger partial charge in [-0.3, -0.25) is 4.90 Å². The van der Waals surface area contributed by atoms with E-state index in [-0.39, 0.29) is 12.2 Å². The first-order valence-electron chi connectivity index (χ1n) is 7.22. The van der Waals surface area contributed by atoms with Crippen LogP contribution in [0, 0.1) is 0 Å². The predicted octanol–water partition coefficient (Wildman–Crippen LogP) is 2.36. The van der Waals surface area contributed by atoms with E-state index in [0.717, 1.165) is 36.5 Å². The summed E-state index contributed by atoms with van der Waals surface area (Å²) >= 11 is 0. The van der Waals surface area contributed by atoms with Crippen molar-refractivity contribution in [3.05, 3.63) is 29.3 Å². The maximum Gasteiger partial charge on any atom is 0.123 e. The number of aliphatic hydroxyl groups excluding tert-OH is 1. The molecule has 1 fully saturated rings. The molecule has 0 radical (unpaired) electrons. The van der Waals surface area contributed by atoms with Crippen LogP contribution in [-0.4, -0.2) is 42.4 Å². The summed E-state index contributed by atoms with van der Waals surface area (Å²) in [7, 11) is 1.69. The van der Waals surface area contributed by atoms with E-state index in [9.17, 15) is 5.11 Å². The molecule has 0 amide bonds. The van der Waals surface area contributed by atoms with E-state index in [0.29, 0.717) is 0 Å². The van der Waals surface area contributed by atoms with Crippen LogP contribution in [-0.2, 0) is 11.3 Å². The van der Waals surface area contributed by atoms with Crippen LogP contribution >= 0.6 is 0 Å². The van der Waals surface area contributed by atoms with Crippen LogP contribution in [0.2, 0.25) is 0 Å². The molecular formula is C16H25NO3. The number of rotatable bonds is 4. The zero-order chi connectivity index (χ0) is 14.7. The molecule has 0 aromatic heterocycles. The van der Waals surface area contributed by atoms with Gasteiger partial charge >= 0.3 is 0 Å². The molecule has 1 saturated heterocycles. The molecule has 1 aliphatic rings. The Hall–Kier alpha value is -1.10. The van der Waals surface area contributed by atoms with Crippen LogP contribution in [0.25, 0.3) is 0 Å². The van der Waals surface area contributed by atoms with Crippen LogP contribution in [0.15, 0.2) is 18.2 Å². The van der Waals surface area contributed by atoms with E-state index in [2.05, 4.69) is 18.7 Å². The second-order valence-electron chi connectivity index (χ2n) is 5.70. The highest BCUT2D eigenvalue weighted by molar-refractivity contribution is 5.38. The lowest BCUT2D eigenvalue weighted by Gasteiger charge is -2.35. The van der Waals surface area contributed by atoms with E-state index in [1.54, 1.807) is 14.0 Å². The number of ether oxygens (including phenoxy) is 2. The number of methoxy groups -OCH3 is 1. The van der Waals surface area contributed by atoms with Gasteiger partial charge in [0.1, 0.15) is 5.75 Å². The van der Waals surface area contributed by atoms with Gasteiger partial charge in [-0.15, -0.1) is 0 Å². The van der Waals surface area contributed by atoms with Crippen LogP contribution in [0.5, 0.6) is 5.75 Å². The maximum atomic E-state index is 9.73. The first kappa shape index (κ1) is 15.3. The summed E-state index contributed by atoms with van der Waals surface area (Å²) in [6.07, 6.45) is 0.0524. The van der Waals surface area contributed by atoms with E-state index in [1.165, 1.54) is 0 Å². The minimum absolute atomic E-state index is 0.254. The van der Waals surface area contributed by atoms with E-state index < -0.39 is 6.10 Å². The first-order chi connectivity index (χ1) is 9.49. The average Bonchev–Trinajstić information content (AvgIpc) is 2.37. The number of benzene rings is 1. The molecule has 1 aliphatic heterocycles. The molecule has 1 N–H and O–H groups in total. The molecule has 4 heteroatoms. The molecule has 1 heterocycles. The monoisotopic (exact) mass is 279 g/mol. The summed E-state index contributed by atoms with van der Waals surface area (Å²) < 4.78 is 11.2. The molecule has 2 rings (SSSR count). The Bertz CT molecular complexity index is 437. The summed E-state index contributed by atoms with van der Waals surface area (Å²) in [5.41, 5.74) is 2.04. The zero-order valence-electron chi connectivity index (χ0n) is 12.8. The lowest BCUT2D eigenvalue weighted by atomic mass is 10.0. The van der Waals surface area contributed by atoms with Crippen molar-refractivity contribution in [2.75, 3.05) is 20.2 Å². The third kappa shape index (κ3) is 3.72. The highest BCUT2D eigenvalue weighted by Gasteiger charge is 2.23. The van der Waals surface area contributed by atoms with Gasteiger partial charge in [0.15, 0.2) is 0 Å². The highest BCUT2D eigenvalue weighted by atomic mass is 16.5. The summed E-state index contributed by atoms with van der Waals surface area (Å²) in [6, 6.07) is 5.89. The van der Waals surface area contributed by atoms with E-state index in [1.807, 2.05) is 18.2 Å². The highest BCUT2D eigenvalue weighted by Crippen LogP contribution is 2.25. The molecule has 1 aromatic carbocycles. The molecule has 1 aromatic rings. The Kier molecular flexibility index (Phi) is 5.02. The van der Waals surface area contributed by atoms with Gasteiger partial charge in [0, 0.05) is 25.2 Å². The van der Waals surface area contributed by atoms with Gasteiger partial charge in [0.05, 0.1) is 25.4 Å². The van der Waals surface area contributed by atoms with Gasteiger partial charge in [0.2, 0.25) is 0 Å². The molecule has 20 heavy (non-hydrogen) atoms.